The molecule has 0 aliphatic carbocycles. The first-order valence-electron chi connectivity index (χ1n) is 4.22. The van der Waals surface area contributed by atoms with Gasteiger partial charge in [-0.3, -0.25) is 10.1 Å². The first kappa shape index (κ1) is 14.2. The fourth-order valence-electron chi connectivity index (χ4n) is 1.35. The second kappa shape index (κ2) is 4.41. The van der Waals surface area contributed by atoms with E-state index in [9.17, 15) is 28.1 Å². The zero-order valence-corrected chi connectivity index (χ0v) is 9.33. The molecule has 0 aliphatic heterocycles. The minimum Gasteiger partial charge on any atom is -0.478 e. The zero-order chi connectivity index (χ0) is 14.2. The number of aromatic nitrogens is 1. The Morgan fingerprint density at radius 3 is 2.33 bits per heavy atom. The van der Waals surface area contributed by atoms with Crippen molar-refractivity contribution < 1.29 is 28.0 Å². The van der Waals surface area contributed by atoms with Crippen LogP contribution in [0.15, 0.2) is 0 Å². The third-order valence-electron chi connectivity index (χ3n) is 1.98. The van der Waals surface area contributed by atoms with Crippen LogP contribution in [0, 0.1) is 17.0 Å². The van der Waals surface area contributed by atoms with Gasteiger partial charge >= 0.3 is 17.8 Å². The maximum atomic E-state index is 12.7. The van der Waals surface area contributed by atoms with Gasteiger partial charge in [0.2, 0.25) is 0 Å². The van der Waals surface area contributed by atoms with Crippen molar-refractivity contribution >= 4 is 23.3 Å². The maximum Gasteiger partial charge on any atom is 0.424 e. The van der Waals surface area contributed by atoms with Gasteiger partial charge in [-0.15, -0.1) is 0 Å². The van der Waals surface area contributed by atoms with E-state index in [1.54, 1.807) is 0 Å². The molecule has 0 amide bonds. The Labute approximate surface area is 102 Å². The number of nitrogens with zero attached hydrogens (tertiary/aromatic N) is 2. The quantitative estimate of drug-likeness (QED) is 0.512. The van der Waals surface area contributed by atoms with Crippen molar-refractivity contribution in [3.63, 3.8) is 0 Å². The topological polar surface area (TPSA) is 93.3 Å². The normalized spacial score (nSPS) is 11.4. The number of carboxylic acids is 1. The molecule has 0 spiro atoms. The number of carboxylic acid groups (broad SMARTS) is 1. The molecule has 0 saturated carbocycles. The molecule has 0 unspecified atom stereocenters. The third-order valence-corrected chi connectivity index (χ3v) is 2.26. The Hall–Kier alpha value is -1.90. The summed E-state index contributed by atoms with van der Waals surface area (Å²) < 4.78 is 38.2. The monoisotopic (exact) mass is 284 g/mol. The molecule has 0 fully saturated rings. The number of aryl methyl sites for hydroxylation is 1. The summed E-state index contributed by atoms with van der Waals surface area (Å²) in [5, 5.41) is 18.3. The Kier molecular flexibility index (Phi) is 3.47. The summed E-state index contributed by atoms with van der Waals surface area (Å²) in [6.45, 7) is 0.935. The van der Waals surface area contributed by atoms with E-state index >= 15 is 0 Å². The minimum atomic E-state index is -5.23. The summed E-state index contributed by atoms with van der Waals surface area (Å²) in [4.78, 5) is 23.2. The van der Waals surface area contributed by atoms with Crippen LogP contribution in [-0.4, -0.2) is 21.0 Å². The lowest BCUT2D eigenvalue weighted by Crippen LogP contribution is -2.18. The van der Waals surface area contributed by atoms with Crippen LogP contribution in [0.25, 0.3) is 0 Å². The van der Waals surface area contributed by atoms with Crippen molar-refractivity contribution in [3.05, 3.63) is 32.1 Å². The van der Waals surface area contributed by atoms with Crippen LogP contribution in [0.5, 0.6) is 0 Å². The molecule has 6 nitrogen and oxygen atoms in total. The number of hydrogen-bond acceptors (Lipinski definition) is 4. The van der Waals surface area contributed by atoms with Crippen molar-refractivity contribution in [1.82, 2.24) is 4.98 Å². The number of hydrogen-bond donors (Lipinski definition) is 1. The summed E-state index contributed by atoms with van der Waals surface area (Å²) in [7, 11) is 0. The lowest BCUT2D eigenvalue weighted by Gasteiger charge is -2.12. The highest BCUT2D eigenvalue weighted by Gasteiger charge is 2.45. The van der Waals surface area contributed by atoms with Crippen molar-refractivity contribution in [1.29, 1.82) is 0 Å². The third kappa shape index (κ3) is 2.35. The van der Waals surface area contributed by atoms with Gasteiger partial charge in [0.1, 0.15) is 16.4 Å². The number of carbonyl (C=O) groups is 1. The van der Waals surface area contributed by atoms with Gasteiger partial charge in [-0.1, -0.05) is 11.6 Å². The molecule has 98 valence electrons. The van der Waals surface area contributed by atoms with E-state index in [0.717, 1.165) is 6.92 Å². The molecular formula is C8H4ClF3N2O4. The van der Waals surface area contributed by atoms with Crippen molar-refractivity contribution in [2.24, 2.45) is 0 Å². The van der Waals surface area contributed by atoms with E-state index in [0.29, 0.717) is 0 Å². The highest BCUT2D eigenvalue weighted by atomic mass is 35.5. The molecule has 1 aromatic heterocycles. The van der Waals surface area contributed by atoms with Crippen LogP contribution in [0.1, 0.15) is 21.6 Å². The number of pyridine rings is 1. The van der Waals surface area contributed by atoms with Crippen LogP contribution in [0.2, 0.25) is 5.15 Å². The lowest BCUT2D eigenvalue weighted by molar-refractivity contribution is -0.389. The summed E-state index contributed by atoms with van der Waals surface area (Å²) in [5.74, 6) is -2.04. The van der Waals surface area contributed by atoms with Gasteiger partial charge in [0, 0.05) is 0 Å². The Bertz CT molecular complexity index is 506. The summed E-state index contributed by atoms with van der Waals surface area (Å²) in [5.41, 5.74) is -5.36. The summed E-state index contributed by atoms with van der Waals surface area (Å²) >= 11 is 5.30. The highest BCUT2D eigenvalue weighted by Crippen LogP contribution is 2.41. The average Bonchev–Trinajstić information content (AvgIpc) is 2.13. The second-order valence-electron chi connectivity index (χ2n) is 3.15. The fourth-order valence-corrected chi connectivity index (χ4v) is 1.66. The largest absolute Gasteiger partial charge is 0.478 e. The highest BCUT2D eigenvalue weighted by molar-refractivity contribution is 6.32. The SMILES string of the molecule is Cc1nc(Cl)c(C(=O)O)c(C(F)(F)F)c1[N+](=O)[O-]. The van der Waals surface area contributed by atoms with Crippen LogP contribution >= 0.6 is 11.6 Å². The Balaban J connectivity index is 3.89. The molecule has 0 aromatic carbocycles. The maximum absolute atomic E-state index is 12.7. The Morgan fingerprint density at radius 2 is 2.00 bits per heavy atom. The van der Waals surface area contributed by atoms with Gasteiger partial charge in [0.25, 0.3) is 0 Å². The molecule has 1 rings (SSSR count). The number of alkyl halides is 3. The van der Waals surface area contributed by atoms with Crippen LogP contribution < -0.4 is 0 Å². The number of halogens is 4. The van der Waals surface area contributed by atoms with Crippen LogP contribution in [0.4, 0.5) is 18.9 Å². The number of nitro groups is 1. The van der Waals surface area contributed by atoms with Crippen LogP contribution in [0.3, 0.4) is 0 Å². The van der Waals surface area contributed by atoms with E-state index < -0.39 is 44.7 Å². The van der Waals surface area contributed by atoms with E-state index in [1.807, 2.05) is 0 Å². The second-order valence-corrected chi connectivity index (χ2v) is 3.50. The van der Waals surface area contributed by atoms with E-state index in [2.05, 4.69) is 4.98 Å². The smallest absolute Gasteiger partial charge is 0.424 e. The lowest BCUT2D eigenvalue weighted by atomic mass is 10.1. The molecule has 18 heavy (non-hydrogen) atoms. The average molecular weight is 285 g/mol. The fraction of sp³-hybridized carbons (Fsp3) is 0.250. The van der Waals surface area contributed by atoms with Crippen molar-refractivity contribution in [2.75, 3.05) is 0 Å². The predicted octanol–water partition coefficient (Wildman–Crippen LogP) is 2.67. The number of aromatic carboxylic acids is 1. The van der Waals surface area contributed by atoms with Gasteiger partial charge in [-0.05, 0) is 6.92 Å². The molecule has 0 bridgehead atoms. The van der Waals surface area contributed by atoms with Gasteiger partial charge < -0.3 is 5.11 Å². The Morgan fingerprint density at radius 1 is 1.50 bits per heavy atom. The molecule has 0 radical (unpaired) electrons. The van der Waals surface area contributed by atoms with Gasteiger partial charge in [0.05, 0.1) is 4.92 Å². The van der Waals surface area contributed by atoms with Gasteiger partial charge in [-0.25, -0.2) is 9.78 Å². The van der Waals surface area contributed by atoms with Gasteiger partial charge in [-0.2, -0.15) is 13.2 Å². The van der Waals surface area contributed by atoms with Crippen molar-refractivity contribution in [2.45, 2.75) is 13.1 Å². The first-order valence-corrected chi connectivity index (χ1v) is 4.60. The molecular weight excluding hydrogens is 281 g/mol. The van der Waals surface area contributed by atoms with E-state index in [1.165, 1.54) is 0 Å². The van der Waals surface area contributed by atoms with Crippen LogP contribution in [-0.2, 0) is 6.18 Å². The summed E-state index contributed by atoms with van der Waals surface area (Å²) in [6.07, 6.45) is -5.23. The molecule has 0 atom stereocenters. The van der Waals surface area contributed by atoms with Gasteiger partial charge in [0.15, 0.2) is 5.56 Å². The standard InChI is InChI=1S/C8H4ClF3N2O4/c1-2-5(14(17)18)4(8(10,11)12)3(7(15)16)6(9)13-2/h1H3,(H,15,16). The van der Waals surface area contributed by atoms with E-state index in [4.69, 9.17) is 16.7 Å². The molecule has 1 aromatic rings. The molecule has 0 saturated heterocycles. The zero-order valence-electron chi connectivity index (χ0n) is 8.58. The minimum absolute atomic E-state index is 0.609. The molecule has 1 heterocycles. The predicted molar refractivity (Wildman–Crippen MR) is 52.6 cm³/mol. The first-order chi connectivity index (χ1) is 8.07. The molecule has 0 aliphatic rings. The molecule has 1 N–H and O–H groups in total. The molecule has 10 heteroatoms. The van der Waals surface area contributed by atoms with Crippen molar-refractivity contribution in [3.8, 4) is 0 Å². The summed E-state index contributed by atoms with van der Waals surface area (Å²) in [6, 6.07) is 0. The number of rotatable bonds is 2. The van der Waals surface area contributed by atoms with E-state index in [-0.39, 0.29) is 0 Å².